The van der Waals surface area contributed by atoms with Crippen molar-refractivity contribution in [1.82, 2.24) is 14.7 Å². The number of aryl methyl sites for hydroxylation is 1. The molecule has 0 aliphatic carbocycles. The van der Waals surface area contributed by atoms with Gasteiger partial charge >= 0.3 is 0 Å². The van der Waals surface area contributed by atoms with Gasteiger partial charge in [0.05, 0.1) is 25.4 Å². The second kappa shape index (κ2) is 13.4. The molecule has 7 nitrogen and oxygen atoms in total. The van der Waals surface area contributed by atoms with Crippen molar-refractivity contribution >= 4 is 0 Å². The number of aromatic nitrogens is 2. The van der Waals surface area contributed by atoms with Gasteiger partial charge in [0.15, 0.2) is 0 Å². The maximum absolute atomic E-state index is 10.8. The number of nitrogens with zero attached hydrogens (tertiary/aromatic N) is 3. The highest BCUT2D eigenvalue weighted by molar-refractivity contribution is 5.65. The molecule has 0 radical (unpaired) electrons. The van der Waals surface area contributed by atoms with Crippen LogP contribution in [0.25, 0.3) is 11.3 Å². The highest BCUT2D eigenvalue weighted by Gasteiger charge is 2.25. The van der Waals surface area contributed by atoms with Crippen molar-refractivity contribution in [3.8, 4) is 28.6 Å². The van der Waals surface area contributed by atoms with Gasteiger partial charge in [0.1, 0.15) is 17.2 Å². The zero-order valence-electron chi connectivity index (χ0n) is 22.5. The van der Waals surface area contributed by atoms with Crippen LogP contribution in [0.5, 0.6) is 17.4 Å². The van der Waals surface area contributed by atoms with E-state index in [4.69, 9.17) is 19.3 Å². The second-order valence-electron chi connectivity index (χ2n) is 9.67. The summed E-state index contributed by atoms with van der Waals surface area (Å²) in [4.78, 5) is 2.29. The third kappa shape index (κ3) is 7.56. The summed E-state index contributed by atoms with van der Waals surface area (Å²) in [7, 11) is 3.55. The lowest BCUT2D eigenvalue weighted by Crippen LogP contribution is -2.40. The van der Waals surface area contributed by atoms with Crippen LogP contribution in [0.3, 0.4) is 0 Å². The molecule has 0 aliphatic rings. The van der Waals surface area contributed by atoms with Crippen LogP contribution in [0.4, 0.5) is 0 Å². The van der Waals surface area contributed by atoms with E-state index in [2.05, 4.69) is 44.7 Å². The van der Waals surface area contributed by atoms with Crippen LogP contribution in [0.15, 0.2) is 54.6 Å². The van der Waals surface area contributed by atoms with Crippen LogP contribution in [0, 0.1) is 5.92 Å². The van der Waals surface area contributed by atoms with Crippen molar-refractivity contribution in [3.05, 3.63) is 60.2 Å². The molecule has 0 bridgehead atoms. The predicted molar refractivity (Wildman–Crippen MR) is 144 cm³/mol. The fraction of sp³-hybridized carbons (Fsp3) is 0.483. The lowest BCUT2D eigenvalue weighted by molar-refractivity contribution is 0.0000409. The first-order chi connectivity index (χ1) is 17.3. The molecule has 0 spiro atoms. The molecule has 1 aromatic heterocycles. The van der Waals surface area contributed by atoms with Crippen LogP contribution in [-0.2, 0) is 18.3 Å². The third-order valence-corrected chi connectivity index (χ3v) is 6.19. The Morgan fingerprint density at radius 3 is 2.25 bits per heavy atom. The molecule has 1 N–H and O–H groups in total. The molecule has 196 valence electrons. The topological polar surface area (TPSA) is 69.0 Å². The number of methoxy groups -OCH3 is 1. The van der Waals surface area contributed by atoms with Crippen molar-refractivity contribution < 1.29 is 19.3 Å². The Kier molecular flexibility index (Phi) is 10.3. The summed E-state index contributed by atoms with van der Waals surface area (Å²) in [5.41, 5.74) is 2.88. The Hall–Kier alpha value is -2.87. The number of ether oxygens (including phenoxy) is 3. The minimum absolute atomic E-state index is 0.252. The van der Waals surface area contributed by atoms with Gasteiger partial charge in [0.2, 0.25) is 5.88 Å². The minimum Gasteiger partial charge on any atom is -0.497 e. The van der Waals surface area contributed by atoms with Gasteiger partial charge in [-0.3, -0.25) is 4.90 Å². The van der Waals surface area contributed by atoms with Gasteiger partial charge in [0, 0.05) is 38.3 Å². The van der Waals surface area contributed by atoms with E-state index >= 15 is 0 Å². The molecule has 2 atom stereocenters. The largest absolute Gasteiger partial charge is 0.497 e. The molecule has 1 heterocycles. The number of rotatable bonds is 14. The molecule has 3 rings (SSSR count). The average molecular weight is 496 g/mol. The SMILES string of the molecule is CCC(C)N(Cc1c(-c2ccccc2)nn(C)c1Oc1ccc(OC)cc1)CC(O)COCC(C)C. The summed E-state index contributed by atoms with van der Waals surface area (Å²) in [5.74, 6) is 2.59. The summed E-state index contributed by atoms with van der Waals surface area (Å²) in [5, 5.41) is 15.6. The molecule has 7 heteroatoms. The van der Waals surface area contributed by atoms with Crippen molar-refractivity contribution in [2.75, 3.05) is 26.9 Å². The van der Waals surface area contributed by atoms with E-state index < -0.39 is 6.10 Å². The molecular formula is C29H41N3O4. The third-order valence-electron chi connectivity index (χ3n) is 6.19. The predicted octanol–water partition coefficient (Wildman–Crippen LogP) is 5.52. The van der Waals surface area contributed by atoms with E-state index in [1.807, 2.05) is 49.5 Å². The maximum Gasteiger partial charge on any atom is 0.222 e. The molecule has 0 aliphatic heterocycles. The summed E-state index contributed by atoms with van der Waals surface area (Å²) < 4.78 is 19.2. The summed E-state index contributed by atoms with van der Waals surface area (Å²) in [6, 6.07) is 17.9. The van der Waals surface area contributed by atoms with Crippen LogP contribution >= 0.6 is 0 Å². The normalized spacial score (nSPS) is 13.2. The Morgan fingerprint density at radius 2 is 1.64 bits per heavy atom. The van der Waals surface area contributed by atoms with E-state index in [0.29, 0.717) is 43.9 Å². The zero-order valence-corrected chi connectivity index (χ0v) is 22.5. The first kappa shape index (κ1) is 27.7. The number of hydrogen-bond donors (Lipinski definition) is 1. The van der Waals surface area contributed by atoms with Gasteiger partial charge in [-0.2, -0.15) is 5.10 Å². The van der Waals surface area contributed by atoms with E-state index in [9.17, 15) is 5.11 Å². The van der Waals surface area contributed by atoms with Crippen molar-refractivity contribution in [2.24, 2.45) is 13.0 Å². The van der Waals surface area contributed by atoms with Gasteiger partial charge in [0.25, 0.3) is 0 Å². The molecule has 3 aromatic rings. The van der Waals surface area contributed by atoms with E-state index in [1.165, 1.54) is 0 Å². The Bertz CT molecular complexity index is 1050. The van der Waals surface area contributed by atoms with Gasteiger partial charge in [-0.05, 0) is 43.5 Å². The number of hydrogen-bond acceptors (Lipinski definition) is 6. The Labute approximate surface area is 215 Å². The highest BCUT2D eigenvalue weighted by atomic mass is 16.5. The van der Waals surface area contributed by atoms with Crippen molar-refractivity contribution in [2.45, 2.75) is 52.8 Å². The van der Waals surface area contributed by atoms with Gasteiger partial charge < -0.3 is 19.3 Å². The first-order valence-corrected chi connectivity index (χ1v) is 12.7. The highest BCUT2D eigenvalue weighted by Crippen LogP contribution is 2.35. The summed E-state index contributed by atoms with van der Waals surface area (Å²) >= 11 is 0. The molecule has 0 amide bonds. The zero-order chi connectivity index (χ0) is 26.1. The number of benzene rings is 2. The van der Waals surface area contributed by atoms with E-state index in [1.54, 1.807) is 11.8 Å². The van der Waals surface area contributed by atoms with Gasteiger partial charge in [-0.15, -0.1) is 0 Å². The Morgan fingerprint density at radius 1 is 0.972 bits per heavy atom. The minimum atomic E-state index is -0.583. The second-order valence-corrected chi connectivity index (χ2v) is 9.67. The van der Waals surface area contributed by atoms with Gasteiger partial charge in [-0.25, -0.2) is 4.68 Å². The van der Waals surface area contributed by atoms with Crippen LogP contribution in [0.1, 0.15) is 39.7 Å². The number of aliphatic hydroxyl groups is 1. The monoisotopic (exact) mass is 495 g/mol. The summed E-state index contributed by atoms with van der Waals surface area (Å²) in [6.45, 7) is 10.6. The summed E-state index contributed by atoms with van der Waals surface area (Å²) in [6.07, 6.45) is 0.371. The molecule has 0 fully saturated rings. The smallest absolute Gasteiger partial charge is 0.222 e. The molecule has 2 unspecified atom stereocenters. The van der Waals surface area contributed by atoms with E-state index in [-0.39, 0.29) is 6.04 Å². The van der Waals surface area contributed by atoms with Gasteiger partial charge in [-0.1, -0.05) is 51.1 Å². The number of aliphatic hydroxyl groups excluding tert-OH is 1. The van der Waals surface area contributed by atoms with E-state index in [0.717, 1.165) is 29.0 Å². The fourth-order valence-electron chi connectivity index (χ4n) is 4.03. The Balaban J connectivity index is 1.93. The fourth-order valence-corrected chi connectivity index (χ4v) is 4.03. The van der Waals surface area contributed by atoms with Crippen LogP contribution < -0.4 is 9.47 Å². The maximum atomic E-state index is 10.8. The molecule has 0 saturated heterocycles. The standard InChI is InChI=1S/C29H41N3O4/c1-7-22(4)32(17-24(33)20-35-19-21(2)3)18-27-28(23-11-9-8-10-12-23)30-31(5)29(27)36-26-15-13-25(34-6)14-16-26/h8-16,21-22,24,33H,7,17-20H2,1-6H3. The van der Waals surface area contributed by atoms with Crippen molar-refractivity contribution in [3.63, 3.8) is 0 Å². The average Bonchev–Trinajstić information content (AvgIpc) is 3.18. The van der Waals surface area contributed by atoms with Crippen molar-refractivity contribution in [1.29, 1.82) is 0 Å². The lowest BCUT2D eigenvalue weighted by atomic mass is 10.1. The molecule has 2 aromatic carbocycles. The molecule has 0 saturated carbocycles. The lowest BCUT2D eigenvalue weighted by Gasteiger charge is -2.30. The molecular weight excluding hydrogens is 454 g/mol. The quantitative estimate of drug-likeness (QED) is 0.318. The molecule has 36 heavy (non-hydrogen) atoms. The first-order valence-electron chi connectivity index (χ1n) is 12.7. The van der Waals surface area contributed by atoms with Crippen LogP contribution in [-0.4, -0.2) is 58.8 Å². The van der Waals surface area contributed by atoms with Crippen LogP contribution in [0.2, 0.25) is 0 Å².